The van der Waals surface area contributed by atoms with Gasteiger partial charge in [-0.2, -0.15) is 5.10 Å². The number of aromatic nitrogens is 1. The van der Waals surface area contributed by atoms with Crippen LogP contribution >= 0.6 is 11.6 Å². The molecule has 0 unspecified atom stereocenters. The number of anilines is 1. The maximum atomic E-state index is 12.1. The number of hydrogen-bond acceptors (Lipinski definition) is 4. The summed E-state index contributed by atoms with van der Waals surface area (Å²) in [6.45, 7) is 9.67. The fourth-order valence-electron chi connectivity index (χ4n) is 3.56. The van der Waals surface area contributed by atoms with Gasteiger partial charge in [0.1, 0.15) is 5.69 Å². The molecular weight excluding hydrogens is 372 g/mol. The first-order valence-electron chi connectivity index (χ1n) is 9.39. The maximum absolute atomic E-state index is 12.1. The highest BCUT2D eigenvalue weighted by Gasteiger charge is 2.31. The molecule has 2 aromatic rings. The molecule has 1 aliphatic heterocycles. The van der Waals surface area contributed by atoms with Gasteiger partial charge < -0.3 is 4.90 Å². The van der Waals surface area contributed by atoms with Gasteiger partial charge in [-0.25, -0.2) is 5.43 Å². The van der Waals surface area contributed by atoms with Gasteiger partial charge in [0.2, 0.25) is 0 Å². The zero-order valence-electron chi connectivity index (χ0n) is 16.7. The molecule has 0 atom stereocenters. The minimum Gasteiger partial charge on any atom is -0.362 e. The molecule has 2 heterocycles. The van der Waals surface area contributed by atoms with E-state index in [2.05, 4.69) is 54.2 Å². The van der Waals surface area contributed by atoms with Crippen LogP contribution in [-0.2, 0) is 0 Å². The summed E-state index contributed by atoms with van der Waals surface area (Å²) in [6, 6.07) is 9.16. The van der Waals surface area contributed by atoms with E-state index in [9.17, 15) is 4.79 Å². The van der Waals surface area contributed by atoms with Crippen molar-refractivity contribution in [3.8, 4) is 0 Å². The van der Waals surface area contributed by atoms with Crippen molar-refractivity contribution in [1.29, 1.82) is 0 Å². The van der Waals surface area contributed by atoms with Crippen LogP contribution in [0.3, 0.4) is 0 Å². The number of pyridine rings is 1. The Morgan fingerprint density at radius 2 is 2.14 bits per heavy atom. The third kappa shape index (κ3) is 4.09. The molecule has 0 radical (unpaired) electrons. The monoisotopic (exact) mass is 396 g/mol. The lowest BCUT2D eigenvalue weighted by molar-refractivity contribution is 0.0950. The Morgan fingerprint density at radius 1 is 1.36 bits per heavy atom. The average Bonchev–Trinajstić information content (AvgIpc) is 2.66. The Labute approximate surface area is 171 Å². The van der Waals surface area contributed by atoms with Gasteiger partial charge in [-0.3, -0.25) is 9.78 Å². The molecule has 0 saturated heterocycles. The van der Waals surface area contributed by atoms with Crippen molar-refractivity contribution in [3.63, 3.8) is 0 Å². The molecule has 1 aromatic heterocycles. The highest BCUT2D eigenvalue weighted by Crippen LogP contribution is 2.41. The van der Waals surface area contributed by atoms with Gasteiger partial charge in [0, 0.05) is 29.6 Å². The van der Waals surface area contributed by atoms with E-state index in [1.165, 1.54) is 5.57 Å². The van der Waals surface area contributed by atoms with Crippen molar-refractivity contribution in [2.24, 2.45) is 5.10 Å². The molecule has 1 amide bonds. The molecule has 5 nitrogen and oxygen atoms in total. The number of amides is 1. The van der Waals surface area contributed by atoms with Gasteiger partial charge in [-0.15, -0.1) is 0 Å². The third-order valence-corrected chi connectivity index (χ3v) is 5.14. The van der Waals surface area contributed by atoms with Crippen molar-refractivity contribution in [1.82, 2.24) is 10.4 Å². The molecule has 3 rings (SSSR count). The summed E-state index contributed by atoms with van der Waals surface area (Å²) in [7, 11) is 0. The molecule has 146 valence electrons. The van der Waals surface area contributed by atoms with E-state index in [1.54, 1.807) is 30.6 Å². The Morgan fingerprint density at radius 3 is 2.82 bits per heavy atom. The SMILES string of the molecule is CCCN1c2cc(Cl)c(/C=N\NC(=O)c3ccccn3)cc2C(C)=CC1(C)C. The van der Waals surface area contributed by atoms with Crippen molar-refractivity contribution < 1.29 is 4.79 Å². The van der Waals surface area contributed by atoms with E-state index in [-0.39, 0.29) is 11.4 Å². The molecule has 1 aromatic carbocycles. The second-order valence-electron chi connectivity index (χ2n) is 7.44. The van der Waals surface area contributed by atoms with E-state index in [0.29, 0.717) is 10.7 Å². The van der Waals surface area contributed by atoms with Crippen LogP contribution in [0, 0.1) is 0 Å². The van der Waals surface area contributed by atoms with E-state index < -0.39 is 0 Å². The Hall–Kier alpha value is -2.66. The lowest BCUT2D eigenvalue weighted by Gasteiger charge is -2.43. The molecular formula is C22H25ClN4O. The summed E-state index contributed by atoms with van der Waals surface area (Å²) in [6.07, 6.45) is 6.47. The second kappa shape index (κ2) is 8.15. The molecule has 1 N–H and O–H groups in total. The molecule has 0 bridgehead atoms. The number of hydrogen-bond donors (Lipinski definition) is 1. The van der Waals surface area contributed by atoms with E-state index in [1.807, 2.05) is 12.1 Å². The minimum atomic E-state index is -0.363. The first kappa shape index (κ1) is 20.1. The minimum absolute atomic E-state index is 0.0668. The van der Waals surface area contributed by atoms with Crippen molar-refractivity contribution in [2.45, 2.75) is 39.7 Å². The lowest BCUT2D eigenvalue weighted by atomic mass is 9.88. The van der Waals surface area contributed by atoms with Crippen LogP contribution in [-0.4, -0.2) is 29.2 Å². The fourth-order valence-corrected chi connectivity index (χ4v) is 3.77. The van der Waals surface area contributed by atoms with E-state index >= 15 is 0 Å². The number of carbonyl (C=O) groups excluding carboxylic acids is 1. The van der Waals surface area contributed by atoms with E-state index in [0.717, 1.165) is 29.8 Å². The van der Waals surface area contributed by atoms with Crippen LogP contribution < -0.4 is 10.3 Å². The topological polar surface area (TPSA) is 57.6 Å². The molecule has 0 fully saturated rings. The number of fused-ring (bicyclic) bond motifs is 1. The highest BCUT2D eigenvalue weighted by atomic mass is 35.5. The number of benzene rings is 1. The van der Waals surface area contributed by atoms with Crippen LogP contribution in [0.1, 0.15) is 55.7 Å². The quantitative estimate of drug-likeness (QED) is 0.577. The number of halogens is 1. The van der Waals surface area contributed by atoms with Crippen LogP contribution in [0.4, 0.5) is 5.69 Å². The van der Waals surface area contributed by atoms with Gasteiger partial charge in [0.05, 0.1) is 16.8 Å². The first-order valence-corrected chi connectivity index (χ1v) is 9.76. The summed E-state index contributed by atoms with van der Waals surface area (Å²) < 4.78 is 0. The van der Waals surface area contributed by atoms with Gasteiger partial charge >= 0.3 is 0 Å². The first-order chi connectivity index (χ1) is 13.3. The summed E-state index contributed by atoms with van der Waals surface area (Å²) in [5.74, 6) is -0.363. The summed E-state index contributed by atoms with van der Waals surface area (Å²) in [5, 5.41) is 4.65. The van der Waals surface area contributed by atoms with Gasteiger partial charge in [0.25, 0.3) is 5.91 Å². The normalized spacial score (nSPS) is 15.3. The largest absolute Gasteiger partial charge is 0.362 e. The number of hydrazone groups is 1. The number of rotatable bonds is 5. The number of nitrogens with one attached hydrogen (secondary N) is 1. The predicted octanol–water partition coefficient (Wildman–Crippen LogP) is 4.91. The Kier molecular flexibility index (Phi) is 5.84. The van der Waals surface area contributed by atoms with Crippen LogP contribution in [0.25, 0.3) is 5.57 Å². The number of allylic oxidation sites excluding steroid dienone is 1. The van der Waals surface area contributed by atoms with Crippen molar-refractivity contribution >= 4 is 35.0 Å². The van der Waals surface area contributed by atoms with Crippen molar-refractivity contribution in [2.75, 3.05) is 11.4 Å². The molecule has 6 heteroatoms. The molecule has 1 aliphatic rings. The van der Waals surface area contributed by atoms with Crippen molar-refractivity contribution in [3.05, 3.63) is 64.4 Å². The Bertz CT molecular complexity index is 935. The highest BCUT2D eigenvalue weighted by molar-refractivity contribution is 6.33. The molecule has 0 spiro atoms. The Balaban J connectivity index is 1.87. The zero-order valence-corrected chi connectivity index (χ0v) is 17.4. The predicted molar refractivity (Wildman–Crippen MR) is 116 cm³/mol. The van der Waals surface area contributed by atoms with Crippen LogP contribution in [0.15, 0.2) is 47.7 Å². The molecule has 28 heavy (non-hydrogen) atoms. The lowest BCUT2D eigenvalue weighted by Crippen LogP contribution is -2.45. The number of carbonyl (C=O) groups is 1. The van der Waals surface area contributed by atoms with Gasteiger partial charge in [0.15, 0.2) is 0 Å². The van der Waals surface area contributed by atoms with E-state index in [4.69, 9.17) is 11.6 Å². The zero-order chi connectivity index (χ0) is 20.3. The summed E-state index contributed by atoms with van der Waals surface area (Å²) >= 11 is 6.54. The van der Waals surface area contributed by atoms with Gasteiger partial charge in [-0.05, 0) is 57.0 Å². The fraction of sp³-hybridized carbons (Fsp3) is 0.318. The average molecular weight is 397 g/mol. The second-order valence-corrected chi connectivity index (χ2v) is 7.84. The third-order valence-electron chi connectivity index (χ3n) is 4.81. The summed E-state index contributed by atoms with van der Waals surface area (Å²) in [5.41, 5.74) is 6.96. The maximum Gasteiger partial charge on any atom is 0.289 e. The van der Waals surface area contributed by atoms with Crippen LogP contribution in [0.2, 0.25) is 5.02 Å². The molecule has 0 aliphatic carbocycles. The standard InChI is InChI=1S/C22H25ClN4O/c1-5-10-27-20-12-18(23)16(11-17(20)15(2)13-22(27,3)4)14-25-26-21(28)19-8-6-7-9-24-19/h6-9,11-14H,5,10H2,1-4H3,(H,26,28)/b25-14-. The summed E-state index contributed by atoms with van der Waals surface area (Å²) in [4.78, 5) is 18.4. The van der Waals surface area contributed by atoms with Gasteiger partial charge in [-0.1, -0.05) is 30.7 Å². The number of nitrogens with zero attached hydrogens (tertiary/aromatic N) is 3. The van der Waals surface area contributed by atoms with Crippen LogP contribution in [0.5, 0.6) is 0 Å². The molecule has 0 saturated carbocycles. The smallest absolute Gasteiger partial charge is 0.289 e.